The molecule has 0 spiro atoms. The molecule has 0 aromatic carbocycles. The van der Waals surface area contributed by atoms with E-state index in [1.54, 1.807) is 11.3 Å². The molecule has 1 aliphatic heterocycles. The molecule has 1 aromatic heterocycles. The molecule has 1 fully saturated rings. The number of rotatable bonds is 6. The van der Waals surface area contributed by atoms with Gasteiger partial charge in [0.1, 0.15) is 5.01 Å². The van der Waals surface area contributed by atoms with Gasteiger partial charge in [-0.05, 0) is 45.4 Å². The van der Waals surface area contributed by atoms with E-state index in [9.17, 15) is 0 Å². The molecule has 2 heterocycles. The van der Waals surface area contributed by atoms with E-state index < -0.39 is 0 Å². The molecule has 0 atom stereocenters. The summed E-state index contributed by atoms with van der Waals surface area (Å²) in [7, 11) is 0. The zero-order chi connectivity index (χ0) is 11.1. The topological polar surface area (TPSA) is 28.2 Å². The van der Waals surface area contributed by atoms with Crippen molar-refractivity contribution in [1.29, 1.82) is 0 Å². The second kappa shape index (κ2) is 6.99. The van der Waals surface area contributed by atoms with Gasteiger partial charge < -0.3 is 10.2 Å². The van der Waals surface area contributed by atoms with Gasteiger partial charge >= 0.3 is 0 Å². The first-order valence-electron chi connectivity index (χ1n) is 6.26. The average molecular weight is 239 g/mol. The molecular formula is C12H21N3S. The van der Waals surface area contributed by atoms with Gasteiger partial charge in [-0.3, -0.25) is 0 Å². The third kappa shape index (κ3) is 4.20. The maximum atomic E-state index is 4.25. The zero-order valence-electron chi connectivity index (χ0n) is 9.82. The van der Waals surface area contributed by atoms with Crippen molar-refractivity contribution in [2.24, 2.45) is 0 Å². The van der Waals surface area contributed by atoms with Crippen LogP contribution in [-0.2, 0) is 6.54 Å². The molecule has 0 unspecified atom stereocenters. The number of nitrogens with zero attached hydrogens (tertiary/aromatic N) is 2. The molecule has 2 rings (SSSR count). The van der Waals surface area contributed by atoms with E-state index in [-0.39, 0.29) is 0 Å². The highest BCUT2D eigenvalue weighted by atomic mass is 32.1. The fraction of sp³-hybridized carbons (Fsp3) is 0.750. The molecule has 1 aliphatic rings. The number of likely N-dealkylation sites (tertiary alicyclic amines) is 1. The average Bonchev–Trinajstić information content (AvgIpc) is 2.83. The predicted molar refractivity (Wildman–Crippen MR) is 68.7 cm³/mol. The fourth-order valence-electron chi connectivity index (χ4n) is 2.15. The minimum Gasteiger partial charge on any atom is -0.310 e. The Morgan fingerprint density at radius 3 is 2.94 bits per heavy atom. The number of thiazole rings is 1. The normalized spacial score (nSPS) is 17.8. The largest absolute Gasteiger partial charge is 0.310 e. The minimum absolute atomic E-state index is 0.928. The maximum Gasteiger partial charge on any atom is 0.106 e. The lowest BCUT2D eigenvalue weighted by Crippen LogP contribution is -2.32. The Labute approximate surface area is 102 Å². The van der Waals surface area contributed by atoms with Crippen molar-refractivity contribution in [3.05, 3.63) is 16.6 Å². The van der Waals surface area contributed by atoms with E-state index in [0.717, 1.165) is 13.1 Å². The maximum absolute atomic E-state index is 4.25. The Hall–Kier alpha value is -0.450. The minimum atomic E-state index is 0.928. The molecule has 0 aliphatic carbocycles. The van der Waals surface area contributed by atoms with Crippen LogP contribution in [0.25, 0.3) is 0 Å². The van der Waals surface area contributed by atoms with E-state index in [2.05, 4.69) is 15.2 Å². The fourth-order valence-corrected chi connectivity index (χ4v) is 2.73. The van der Waals surface area contributed by atoms with Gasteiger partial charge in [0, 0.05) is 18.1 Å². The second-order valence-corrected chi connectivity index (χ2v) is 5.34. The van der Waals surface area contributed by atoms with Crippen molar-refractivity contribution in [3.8, 4) is 0 Å². The van der Waals surface area contributed by atoms with Gasteiger partial charge in [0.05, 0.1) is 0 Å². The summed E-state index contributed by atoms with van der Waals surface area (Å²) in [6.07, 6.45) is 7.35. The van der Waals surface area contributed by atoms with Gasteiger partial charge in [0.15, 0.2) is 0 Å². The van der Waals surface area contributed by atoms with Crippen LogP contribution in [0.15, 0.2) is 11.6 Å². The Balaban J connectivity index is 1.48. The highest BCUT2D eigenvalue weighted by Crippen LogP contribution is 2.08. The summed E-state index contributed by atoms with van der Waals surface area (Å²) in [5, 5.41) is 6.67. The quantitative estimate of drug-likeness (QED) is 0.771. The van der Waals surface area contributed by atoms with Crippen LogP contribution in [-0.4, -0.2) is 36.1 Å². The van der Waals surface area contributed by atoms with Crippen molar-refractivity contribution in [1.82, 2.24) is 15.2 Å². The van der Waals surface area contributed by atoms with Crippen LogP contribution in [0.5, 0.6) is 0 Å². The first-order valence-corrected chi connectivity index (χ1v) is 7.14. The highest BCUT2D eigenvalue weighted by Gasteiger charge is 2.08. The number of aromatic nitrogens is 1. The van der Waals surface area contributed by atoms with Gasteiger partial charge in [-0.2, -0.15) is 0 Å². The summed E-state index contributed by atoms with van der Waals surface area (Å²) in [5.74, 6) is 0. The smallest absolute Gasteiger partial charge is 0.106 e. The van der Waals surface area contributed by atoms with Gasteiger partial charge in [0.2, 0.25) is 0 Å². The van der Waals surface area contributed by atoms with Crippen LogP contribution in [0.4, 0.5) is 0 Å². The number of hydrogen-bond donors (Lipinski definition) is 1. The van der Waals surface area contributed by atoms with Crippen LogP contribution in [0, 0.1) is 0 Å². The number of piperidine rings is 1. The summed E-state index contributed by atoms with van der Waals surface area (Å²) in [4.78, 5) is 6.84. The van der Waals surface area contributed by atoms with Crippen molar-refractivity contribution < 1.29 is 0 Å². The van der Waals surface area contributed by atoms with Crippen molar-refractivity contribution in [2.45, 2.75) is 32.2 Å². The SMILES string of the molecule is c1csc(CNCCCN2CCCCC2)n1. The van der Waals surface area contributed by atoms with E-state index in [4.69, 9.17) is 0 Å². The molecule has 16 heavy (non-hydrogen) atoms. The first-order chi connectivity index (χ1) is 7.95. The molecule has 0 bridgehead atoms. The van der Waals surface area contributed by atoms with Crippen molar-refractivity contribution in [3.63, 3.8) is 0 Å². The molecule has 3 nitrogen and oxygen atoms in total. The third-order valence-electron chi connectivity index (χ3n) is 3.04. The Morgan fingerprint density at radius 2 is 2.19 bits per heavy atom. The molecule has 0 saturated carbocycles. The van der Waals surface area contributed by atoms with Gasteiger partial charge in [-0.25, -0.2) is 4.98 Å². The van der Waals surface area contributed by atoms with Crippen LogP contribution in [0.2, 0.25) is 0 Å². The van der Waals surface area contributed by atoms with Crippen LogP contribution in [0.3, 0.4) is 0 Å². The summed E-state index contributed by atoms with van der Waals surface area (Å²) >= 11 is 1.72. The molecule has 0 radical (unpaired) electrons. The first kappa shape index (κ1) is 12.0. The van der Waals surface area contributed by atoms with E-state index in [1.165, 1.54) is 50.3 Å². The van der Waals surface area contributed by atoms with Gasteiger partial charge in [-0.15, -0.1) is 11.3 Å². The number of hydrogen-bond acceptors (Lipinski definition) is 4. The van der Waals surface area contributed by atoms with Crippen LogP contribution in [0.1, 0.15) is 30.7 Å². The van der Waals surface area contributed by atoms with Crippen molar-refractivity contribution in [2.75, 3.05) is 26.2 Å². The Kier molecular flexibility index (Phi) is 5.25. The van der Waals surface area contributed by atoms with E-state index in [1.807, 2.05) is 11.6 Å². The zero-order valence-corrected chi connectivity index (χ0v) is 10.6. The van der Waals surface area contributed by atoms with Crippen molar-refractivity contribution >= 4 is 11.3 Å². The molecule has 1 saturated heterocycles. The lowest BCUT2D eigenvalue weighted by atomic mass is 10.1. The molecule has 0 amide bonds. The Morgan fingerprint density at radius 1 is 1.31 bits per heavy atom. The van der Waals surface area contributed by atoms with Gasteiger partial charge in [-0.1, -0.05) is 6.42 Å². The molecule has 1 N–H and O–H groups in total. The molecule has 4 heteroatoms. The molecular weight excluding hydrogens is 218 g/mol. The predicted octanol–water partition coefficient (Wildman–Crippen LogP) is 2.11. The monoisotopic (exact) mass is 239 g/mol. The molecule has 90 valence electrons. The molecule has 1 aromatic rings. The Bertz CT molecular complexity index is 268. The summed E-state index contributed by atoms with van der Waals surface area (Å²) < 4.78 is 0. The number of nitrogens with one attached hydrogen (secondary N) is 1. The second-order valence-electron chi connectivity index (χ2n) is 4.36. The summed E-state index contributed by atoms with van der Waals surface area (Å²) in [6.45, 7) is 5.91. The van der Waals surface area contributed by atoms with Crippen LogP contribution >= 0.6 is 11.3 Å². The van der Waals surface area contributed by atoms with Crippen LogP contribution < -0.4 is 5.32 Å². The lowest BCUT2D eigenvalue weighted by Gasteiger charge is -2.26. The van der Waals surface area contributed by atoms with Gasteiger partial charge in [0.25, 0.3) is 0 Å². The van der Waals surface area contributed by atoms with E-state index >= 15 is 0 Å². The third-order valence-corrected chi connectivity index (χ3v) is 3.82. The van der Waals surface area contributed by atoms with E-state index in [0.29, 0.717) is 0 Å². The standard InChI is InChI=1S/C12H21N3S/c1-2-7-15(8-3-1)9-4-5-13-11-12-14-6-10-16-12/h6,10,13H,1-5,7-9,11H2. The lowest BCUT2D eigenvalue weighted by molar-refractivity contribution is 0.225. The summed E-state index contributed by atoms with van der Waals surface area (Å²) in [5.41, 5.74) is 0. The summed E-state index contributed by atoms with van der Waals surface area (Å²) in [6, 6.07) is 0. The highest BCUT2D eigenvalue weighted by molar-refractivity contribution is 7.09.